The first kappa shape index (κ1) is 13.6. The van der Waals surface area contributed by atoms with Gasteiger partial charge in [0.2, 0.25) is 0 Å². The van der Waals surface area contributed by atoms with Crippen molar-refractivity contribution in [3.63, 3.8) is 0 Å². The van der Waals surface area contributed by atoms with Crippen molar-refractivity contribution in [2.75, 3.05) is 6.61 Å². The van der Waals surface area contributed by atoms with Crippen LogP contribution >= 0.6 is 22.9 Å². The van der Waals surface area contributed by atoms with E-state index in [1.165, 1.54) is 0 Å². The van der Waals surface area contributed by atoms with E-state index >= 15 is 0 Å². The van der Waals surface area contributed by atoms with Crippen molar-refractivity contribution in [3.8, 4) is 5.75 Å². The van der Waals surface area contributed by atoms with Crippen LogP contribution in [-0.4, -0.2) is 18.7 Å². The van der Waals surface area contributed by atoms with E-state index in [0.29, 0.717) is 10.8 Å². The van der Waals surface area contributed by atoms with Crippen LogP contribution in [0, 0.1) is 0 Å². The predicted molar refractivity (Wildman–Crippen MR) is 77.0 cm³/mol. The van der Waals surface area contributed by atoms with Crippen LogP contribution in [0.1, 0.15) is 5.56 Å². The monoisotopic (exact) mass is 294 g/mol. The topological polar surface area (TPSA) is 50.7 Å². The summed E-state index contributed by atoms with van der Waals surface area (Å²) in [5.41, 5.74) is 3.32. The van der Waals surface area contributed by atoms with Gasteiger partial charge in [-0.2, -0.15) is 16.4 Å². The zero-order chi connectivity index (χ0) is 13.5. The van der Waals surface area contributed by atoms with E-state index in [0.717, 1.165) is 5.56 Å². The van der Waals surface area contributed by atoms with Gasteiger partial charge in [-0.15, -0.1) is 0 Å². The normalized spacial score (nSPS) is 10.6. The highest BCUT2D eigenvalue weighted by Crippen LogP contribution is 2.22. The molecule has 0 atom stereocenters. The summed E-state index contributed by atoms with van der Waals surface area (Å²) in [6.45, 7) is -0.134. The first-order valence-corrected chi connectivity index (χ1v) is 6.79. The molecule has 0 saturated carbocycles. The average Bonchev–Trinajstić information content (AvgIpc) is 2.91. The number of thiophene rings is 1. The largest absolute Gasteiger partial charge is 0.482 e. The Morgan fingerprint density at radius 1 is 1.42 bits per heavy atom. The lowest BCUT2D eigenvalue weighted by molar-refractivity contribution is -0.123. The second kappa shape index (κ2) is 6.92. The molecule has 0 saturated heterocycles. The molecular weight excluding hydrogens is 284 g/mol. The Morgan fingerprint density at radius 3 is 3.00 bits per heavy atom. The van der Waals surface area contributed by atoms with Gasteiger partial charge in [0.1, 0.15) is 5.75 Å². The van der Waals surface area contributed by atoms with Gasteiger partial charge in [0.15, 0.2) is 6.61 Å². The van der Waals surface area contributed by atoms with Crippen LogP contribution in [0.15, 0.2) is 46.2 Å². The fourth-order valence-corrected chi connectivity index (χ4v) is 2.07. The minimum Gasteiger partial charge on any atom is -0.482 e. The number of hydrazone groups is 1. The van der Waals surface area contributed by atoms with Crippen LogP contribution in [0.5, 0.6) is 5.75 Å². The third kappa shape index (κ3) is 4.39. The van der Waals surface area contributed by atoms with Gasteiger partial charge >= 0.3 is 0 Å². The van der Waals surface area contributed by atoms with Gasteiger partial charge in [-0.1, -0.05) is 23.7 Å². The fourth-order valence-electron chi connectivity index (χ4n) is 1.26. The Bertz CT molecular complexity index is 570. The number of rotatable bonds is 5. The Kier molecular flexibility index (Phi) is 4.94. The molecule has 0 radical (unpaired) electrons. The maximum Gasteiger partial charge on any atom is 0.277 e. The van der Waals surface area contributed by atoms with Gasteiger partial charge in [0.05, 0.1) is 11.2 Å². The van der Waals surface area contributed by atoms with Crippen molar-refractivity contribution in [2.45, 2.75) is 0 Å². The molecule has 1 heterocycles. The summed E-state index contributed by atoms with van der Waals surface area (Å²) >= 11 is 7.46. The molecule has 4 nitrogen and oxygen atoms in total. The second-order valence-corrected chi connectivity index (χ2v) is 4.76. The third-order valence-electron chi connectivity index (χ3n) is 2.14. The van der Waals surface area contributed by atoms with Crippen LogP contribution in [0.3, 0.4) is 0 Å². The number of para-hydroxylation sites is 1. The number of ether oxygens (including phenoxy) is 1. The minimum atomic E-state index is -0.341. The summed E-state index contributed by atoms with van der Waals surface area (Å²) in [6, 6.07) is 8.88. The summed E-state index contributed by atoms with van der Waals surface area (Å²) < 4.78 is 5.27. The zero-order valence-electron chi connectivity index (χ0n) is 9.88. The van der Waals surface area contributed by atoms with Crippen LogP contribution in [-0.2, 0) is 4.79 Å². The molecule has 0 bridgehead atoms. The van der Waals surface area contributed by atoms with Crippen molar-refractivity contribution >= 4 is 35.1 Å². The quantitative estimate of drug-likeness (QED) is 0.681. The highest BCUT2D eigenvalue weighted by molar-refractivity contribution is 7.08. The van der Waals surface area contributed by atoms with Crippen LogP contribution in [0.2, 0.25) is 5.02 Å². The fraction of sp³-hybridized carbons (Fsp3) is 0.0769. The van der Waals surface area contributed by atoms with E-state index in [4.69, 9.17) is 16.3 Å². The summed E-state index contributed by atoms with van der Waals surface area (Å²) in [6.07, 6.45) is 1.57. The lowest BCUT2D eigenvalue weighted by atomic mass is 10.3. The first-order chi connectivity index (χ1) is 9.25. The second-order valence-electron chi connectivity index (χ2n) is 3.57. The standard InChI is InChI=1S/C13H11ClN2O2S/c14-11-3-1-2-4-12(11)18-8-13(17)16-15-7-10-5-6-19-9-10/h1-7,9H,8H2,(H,16,17)/b15-7-. The maximum atomic E-state index is 11.5. The Morgan fingerprint density at radius 2 is 2.26 bits per heavy atom. The van der Waals surface area contributed by atoms with Gasteiger partial charge < -0.3 is 4.74 Å². The maximum absolute atomic E-state index is 11.5. The third-order valence-corrected chi connectivity index (χ3v) is 3.16. The Hall–Kier alpha value is -1.85. The van der Waals surface area contributed by atoms with Crippen molar-refractivity contribution in [2.24, 2.45) is 5.10 Å². The molecule has 6 heteroatoms. The van der Waals surface area contributed by atoms with Gasteiger partial charge in [-0.3, -0.25) is 4.79 Å². The van der Waals surface area contributed by atoms with E-state index in [-0.39, 0.29) is 12.5 Å². The molecule has 2 rings (SSSR count). The lowest BCUT2D eigenvalue weighted by Crippen LogP contribution is -2.24. The number of nitrogens with one attached hydrogen (secondary N) is 1. The zero-order valence-corrected chi connectivity index (χ0v) is 11.4. The van der Waals surface area contributed by atoms with E-state index in [1.54, 1.807) is 41.8 Å². The molecule has 0 aliphatic rings. The van der Waals surface area contributed by atoms with E-state index in [1.807, 2.05) is 16.8 Å². The van der Waals surface area contributed by atoms with Crippen molar-refractivity contribution in [1.29, 1.82) is 0 Å². The minimum absolute atomic E-state index is 0.134. The molecule has 0 unspecified atom stereocenters. The highest BCUT2D eigenvalue weighted by atomic mass is 35.5. The molecule has 1 amide bonds. The molecule has 0 aliphatic heterocycles. The first-order valence-electron chi connectivity index (χ1n) is 5.47. The molecule has 0 aliphatic carbocycles. The molecule has 0 fully saturated rings. The van der Waals surface area contributed by atoms with Crippen molar-refractivity contribution in [1.82, 2.24) is 5.43 Å². The van der Waals surface area contributed by atoms with Crippen LogP contribution in [0.4, 0.5) is 0 Å². The van der Waals surface area contributed by atoms with Crippen LogP contribution in [0.25, 0.3) is 0 Å². The molecule has 2 aromatic rings. The van der Waals surface area contributed by atoms with Gasteiger partial charge in [-0.05, 0) is 29.0 Å². The average molecular weight is 295 g/mol. The molecule has 0 spiro atoms. The van der Waals surface area contributed by atoms with E-state index in [2.05, 4.69) is 10.5 Å². The number of amides is 1. The Balaban J connectivity index is 1.78. The lowest BCUT2D eigenvalue weighted by Gasteiger charge is -2.06. The number of benzene rings is 1. The number of carbonyl (C=O) groups excluding carboxylic acids is 1. The van der Waals surface area contributed by atoms with Crippen molar-refractivity contribution < 1.29 is 9.53 Å². The van der Waals surface area contributed by atoms with Gasteiger partial charge in [0.25, 0.3) is 5.91 Å². The molecular formula is C13H11ClN2O2S. The smallest absolute Gasteiger partial charge is 0.277 e. The molecule has 1 aromatic carbocycles. The number of hydrogen-bond acceptors (Lipinski definition) is 4. The summed E-state index contributed by atoms with van der Waals surface area (Å²) in [4.78, 5) is 11.5. The molecule has 1 N–H and O–H groups in total. The number of halogens is 1. The van der Waals surface area contributed by atoms with E-state index < -0.39 is 0 Å². The summed E-state index contributed by atoms with van der Waals surface area (Å²) in [5.74, 6) is 0.132. The number of hydrogen-bond donors (Lipinski definition) is 1. The SMILES string of the molecule is O=C(COc1ccccc1Cl)N/N=C\c1ccsc1. The Labute approximate surface area is 119 Å². The molecule has 19 heavy (non-hydrogen) atoms. The summed E-state index contributed by atoms with van der Waals surface area (Å²) in [7, 11) is 0. The predicted octanol–water partition coefficient (Wildman–Crippen LogP) is 2.93. The van der Waals surface area contributed by atoms with Crippen LogP contribution < -0.4 is 10.2 Å². The van der Waals surface area contributed by atoms with Crippen molar-refractivity contribution in [3.05, 3.63) is 51.7 Å². The van der Waals surface area contributed by atoms with Gasteiger partial charge in [-0.25, -0.2) is 5.43 Å². The molecule has 98 valence electrons. The number of carbonyl (C=O) groups is 1. The summed E-state index contributed by atoms with van der Waals surface area (Å²) in [5, 5.41) is 8.15. The van der Waals surface area contributed by atoms with E-state index in [9.17, 15) is 4.79 Å². The highest BCUT2D eigenvalue weighted by Gasteiger charge is 2.03. The van der Waals surface area contributed by atoms with Gasteiger partial charge in [0, 0.05) is 5.56 Å². The number of nitrogens with zero attached hydrogens (tertiary/aromatic N) is 1. The molecule has 1 aromatic heterocycles.